The second kappa shape index (κ2) is 7.79. The quantitative estimate of drug-likeness (QED) is 0.695. The van der Waals surface area contributed by atoms with Crippen LogP contribution in [0, 0.1) is 5.82 Å². The van der Waals surface area contributed by atoms with Gasteiger partial charge in [-0.2, -0.15) is 0 Å². The maximum absolute atomic E-state index is 14.2. The fraction of sp³-hybridized carbons (Fsp3) is 0.278. The van der Waals surface area contributed by atoms with Crippen molar-refractivity contribution in [2.75, 3.05) is 11.9 Å². The first-order valence-corrected chi connectivity index (χ1v) is 8.66. The first kappa shape index (κ1) is 18.9. The van der Waals surface area contributed by atoms with Crippen molar-refractivity contribution in [3.8, 4) is 5.75 Å². The summed E-state index contributed by atoms with van der Waals surface area (Å²) in [7, 11) is 0. The highest BCUT2D eigenvalue weighted by molar-refractivity contribution is 6.33. The molecule has 7 nitrogen and oxygen atoms in total. The number of carboxylic acid groups (broad SMARTS) is 1. The zero-order valence-corrected chi connectivity index (χ0v) is 15.1. The lowest BCUT2D eigenvalue weighted by atomic mass is 10.1. The fourth-order valence-corrected chi connectivity index (χ4v) is 3.17. The maximum atomic E-state index is 14.2. The van der Waals surface area contributed by atoms with E-state index in [4.69, 9.17) is 21.4 Å². The van der Waals surface area contributed by atoms with Crippen molar-refractivity contribution < 1.29 is 23.8 Å². The van der Waals surface area contributed by atoms with E-state index in [9.17, 15) is 14.0 Å². The van der Waals surface area contributed by atoms with Gasteiger partial charge >= 0.3 is 12.0 Å². The zero-order valence-electron chi connectivity index (χ0n) is 14.3. The number of aromatic nitrogens is 1. The van der Waals surface area contributed by atoms with E-state index in [1.165, 1.54) is 30.5 Å². The number of hydrogen-bond donors (Lipinski definition) is 3. The summed E-state index contributed by atoms with van der Waals surface area (Å²) in [4.78, 5) is 27.2. The topological polar surface area (TPSA) is 101 Å². The molecular formula is C18H17ClFN3O4. The minimum atomic E-state index is -1.20. The Labute approximate surface area is 159 Å². The van der Waals surface area contributed by atoms with Gasteiger partial charge in [-0.25, -0.2) is 19.0 Å². The Morgan fingerprint density at radius 1 is 1.41 bits per heavy atom. The molecule has 0 aliphatic heterocycles. The van der Waals surface area contributed by atoms with Gasteiger partial charge in [-0.15, -0.1) is 0 Å². The number of pyridine rings is 1. The van der Waals surface area contributed by atoms with E-state index in [0.717, 1.165) is 0 Å². The van der Waals surface area contributed by atoms with Gasteiger partial charge in [-0.1, -0.05) is 11.6 Å². The minimum Gasteiger partial charge on any atom is -0.492 e. The smallest absolute Gasteiger partial charge is 0.339 e. The summed E-state index contributed by atoms with van der Waals surface area (Å²) in [6.45, 7) is 2.20. The monoisotopic (exact) mass is 393 g/mol. The van der Waals surface area contributed by atoms with Gasteiger partial charge in [-0.3, -0.25) is 5.32 Å². The van der Waals surface area contributed by atoms with Crippen molar-refractivity contribution in [1.82, 2.24) is 10.3 Å². The van der Waals surface area contributed by atoms with Gasteiger partial charge in [0.05, 0.1) is 11.6 Å². The Balaban J connectivity index is 1.68. The third kappa shape index (κ3) is 4.11. The summed E-state index contributed by atoms with van der Waals surface area (Å²) in [5.41, 5.74) is 0.176. The van der Waals surface area contributed by atoms with Gasteiger partial charge in [0, 0.05) is 23.7 Å². The number of nitrogens with one attached hydrogen (secondary N) is 2. The van der Waals surface area contributed by atoms with Gasteiger partial charge < -0.3 is 15.2 Å². The summed E-state index contributed by atoms with van der Waals surface area (Å²) in [5, 5.41) is 14.4. The number of nitrogens with zero attached hydrogens (tertiary/aromatic N) is 1. The summed E-state index contributed by atoms with van der Waals surface area (Å²) in [6.07, 6.45) is 1.88. The van der Waals surface area contributed by atoms with Crippen LogP contribution in [0.5, 0.6) is 5.75 Å². The van der Waals surface area contributed by atoms with Gasteiger partial charge in [0.15, 0.2) is 0 Å². The van der Waals surface area contributed by atoms with E-state index in [1.54, 1.807) is 6.92 Å². The molecule has 0 radical (unpaired) electrons. The molecular weight excluding hydrogens is 377 g/mol. The number of rotatable bonds is 6. The number of carbonyl (C=O) groups is 2. The molecule has 2 aromatic rings. The van der Waals surface area contributed by atoms with E-state index in [0.29, 0.717) is 24.3 Å². The maximum Gasteiger partial charge on any atom is 0.339 e. The van der Waals surface area contributed by atoms with Gasteiger partial charge in [0.2, 0.25) is 0 Å². The summed E-state index contributed by atoms with van der Waals surface area (Å²) in [6, 6.07) is 4.59. The third-order valence-corrected chi connectivity index (χ3v) is 4.53. The highest BCUT2D eigenvalue weighted by atomic mass is 35.5. The Hall–Kier alpha value is -2.87. The molecule has 1 aliphatic rings. The molecule has 3 N–H and O–H groups in total. The molecule has 2 unspecified atom stereocenters. The van der Waals surface area contributed by atoms with E-state index in [2.05, 4.69) is 15.6 Å². The Kier molecular flexibility index (Phi) is 5.46. The number of amides is 2. The molecule has 1 fully saturated rings. The predicted octanol–water partition coefficient (Wildman–Crippen LogP) is 3.65. The number of hydrogen-bond acceptors (Lipinski definition) is 4. The number of benzene rings is 1. The lowest BCUT2D eigenvalue weighted by molar-refractivity contribution is 0.0697. The fourth-order valence-electron chi connectivity index (χ4n) is 2.82. The van der Waals surface area contributed by atoms with Crippen molar-refractivity contribution in [3.63, 3.8) is 0 Å². The van der Waals surface area contributed by atoms with Crippen LogP contribution in [0.15, 0.2) is 30.5 Å². The zero-order chi connectivity index (χ0) is 19.6. The van der Waals surface area contributed by atoms with Crippen LogP contribution >= 0.6 is 11.6 Å². The van der Waals surface area contributed by atoms with E-state index in [1.807, 2.05) is 0 Å². The van der Waals surface area contributed by atoms with Crippen LogP contribution in [-0.4, -0.2) is 34.7 Å². The second-order valence-electron chi connectivity index (χ2n) is 5.96. The highest BCUT2D eigenvalue weighted by Gasteiger charge is 2.43. The van der Waals surface area contributed by atoms with E-state index in [-0.39, 0.29) is 28.4 Å². The van der Waals surface area contributed by atoms with Crippen LogP contribution in [0.1, 0.15) is 35.2 Å². The van der Waals surface area contributed by atoms with Crippen LogP contribution in [0.2, 0.25) is 5.02 Å². The molecule has 2 atom stereocenters. The molecule has 1 saturated carbocycles. The van der Waals surface area contributed by atoms with Crippen LogP contribution < -0.4 is 15.4 Å². The van der Waals surface area contributed by atoms with Crippen molar-refractivity contribution in [2.24, 2.45) is 0 Å². The normalized spacial score (nSPS) is 17.9. The molecule has 0 saturated heterocycles. The summed E-state index contributed by atoms with van der Waals surface area (Å²) in [5.74, 6) is -1.63. The summed E-state index contributed by atoms with van der Waals surface area (Å²) >= 11 is 6.25. The molecule has 0 spiro atoms. The largest absolute Gasteiger partial charge is 0.492 e. The molecule has 2 amide bonds. The number of ether oxygens (including phenoxy) is 1. The lowest BCUT2D eigenvalue weighted by Gasteiger charge is -2.12. The first-order chi connectivity index (χ1) is 12.9. The molecule has 27 heavy (non-hydrogen) atoms. The number of carboxylic acids is 1. The molecule has 9 heteroatoms. The van der Waals surface area contributed by atoms with Crippen LogP contribution in [-0.2, 0) is 0 Å². The Morgan fingerprint density at radius 3 is 2.89 bits per heavy atom. The predicted molar refractivity (Wildman–Crippen MR) is 97.1 cm³/mol. The van der Waals surface area contributed by atoms with Gasteiger partial charge in [0.25, 0.3) is 0 Å². The molecule has 1 aromatic carbocycles. The van der Waals surface area contributed by atoms with Crippen molar-refractivity contribution in [3.05, 3.63) is 52.4 Å². The SMILES string of the molecule is CCOc1ccc(F)c(C2CC2NC(=O)Nc2ncccc2C(=O)O)c1Cl. The van der Waals surface area contributed by atoms with Gasteiger partial charge in [0.1, 0.15) is 22.9 Å². The first-order valence-electron chi connectivity index (χ1n) is 8.28. The van der Waals surface area contributed by atoms with Crippen molar-refractivity contribution >= 4 is 29.4 Å². The molecule has 3 rings (SSSR count). The molecule has 142 valence electrons. The van der Waals surface area contributed by atoms with Gasteiger partial charge in [-0.05, 0) is 37.6 Å². The number of anilines is 1. The molecule has 1 heterocycles. The average molecular weight is 394 g/mol. The number of carbonyl (C=O) groups excluding carboxylic acids is 1. The van der Waals surface area contributed by atoms with E-state index >= 15 is 0 Å². The third-order valence-electron chi connectivity index (χ3n) is 4.14. The lowest BCUT2D eigenvalue weighted by Crippen LogP contribution is -2.32. The highest BCUT2D eigenvalue weighted by Crippen LogP contribution is 2.47. The Bertz CT molecular complexity index is 893. The number of halogens is 2. The van der Waals surface area contributed by atoms with Crippen molar-refractivity contribution in [2.45, 2.75) is 25.3 Å². The summed E-state index contributed by atoms with van der Waals surface area (Å²) < 4.78 is 19.6. The molecule has 0 bridgehead atoms. The molecule has 1 aromatic heterocycles. The Morgan fingerprint density at radius 2 is 2.19 bits per heavy atom. The molecule has 1 aliphatic carbocycles. The van der Waals surface area contributed by atoms with Crippen LogP contribution in [0.25, 0.3) is 0 Å². The van der Waals surface area contributed by atoms with Crippen LogP contribution in [0.3, 0.4) is 0 Å². The minimum absolute atomic E-state index is 0.0674. The number of urea groups is 1. The van der Waals surface area contributed by atoms with E-state index < -0.39 is 17.8 Å². The van der Waals surface area contributed by atoms with Crippen molar-refractivity contribution in [1.29, 1.82) is 0 Å². The van der Waals surface area contributed by atoms with Crippen LogP contribution in [0.4, 0.5) is 15.0 Å². The standard InChI is InChI=1S/C18H17ClFN3O4/c1-2-27-13-6-5-11(20)14(15(13)19)10-8-12(10)22-18(26)23-16-9(17(24)25)4-3-7-21-16/h3-7,10,12H,2,8H2,1H3,(H,24,25)(H2,21,22,23,26). The average Bonchev–Trinajstić information content (AvgIpc) is 3.36. The number of aromatic carboxylic acids is 1. The second-order valence-corrected chi connectivity index (χ2v) is 6.34.